The Morgan fingerprint density at radius 2 is 1.89 bits per heavy atom. The van der Waals surface area contributed by atoms with Gasteiger partial charge >= 0.3 is 0 Å². The Balaban J connectivity index is 1.71. The molecular formula is C19H19ClN4O2S. The first-order chi connectivity index (χ1) is 13.2. The minimum absolute atomic E-state index is 0.157. The fourth-order valence-corrected chi connectivity index (χ4v) is 3.41. The van der Waals surface area contributed by atoms with Crippen molar-refractivity contribution in [1.82, 2.24) is 14.8 Å². The maximum atomic E-state index is 12.3. The molecule has 2 aromatic carbocycles. The number of aromatic nitrogens is 3. The van der Waals surface area contributed by atoms with Crippen LogP contribution in [-0.4, -0.2) is 40.1 Å². The first kappa shape index (κ1) is 19.4. The van der Waals surface area contributed by atoms with Crippen molar-refractivity contribution in [2.24, 2.45) is 0 Å². The number of methoxy groups -OCH3 is 1. The average Bonchev–Trinajstić information content (AvgIpc) is 3.10. The van der Waals surface area contributed by atoms with Gasteiger partial charge in [-0.05, 0) is 12.1 Å². The second kappa shape index (κ2) is 9.55. The molecule has 0 saturated carbocycles. The number of para-hydroxylation sites is 1. The number of nitrogens with one attached hydrogen (secondary N) is 1. The Kier molecular flexibility index (Phi) is 6.86. The van der Waals surface area contributed by atoms with Gasteiger partial charge in [0.2, 0.25) is 5.91 Å². The smallest absolute Gasteiger partial charge is 0.234 e. The molecule has 140 valence electrons. The molecule has 1 amide bonds. The summed E-state index contributed by atoms with van der Waals surface area (Å²) in [6.45, 7) is 1.12. The monoisotopic (exact) mass is 402 g/mol. The minimum Gasteiger partial charge on any atom is -0.383 e. The van der Waals surface area contributed by atoms with Crippen molar-refractivity contribution in [3.8, 4) is 11.4 Å². The number of carbonyl (C=O) groups excluding carboxylic acids is 1. The summed E-state index contributed by atoms with van der Waals surface area (Å²) >= 11 is 7.40. The van der Waals surface area contributed by atoms with Crippen molar-refractivity contribution in [2.75, 3.05) is 24.8 Å². The van der Waals surface area contributed by atoms with Gasteiger partial charge in [0.25, 0.3) is 0 Å². The van der Waals surface area contributed by atoms with Gasteiger partial charge < -0.3 is 10.1 Å². The van der Waals surface area contributed by atoms with E-state index < -0.39 is 0 Å². The van der Waals surface area contributed by atoms with E-state index in [9.17, 15) is 4.79 Å². The summed E-state index contributed by atoms with van der Waals surface area (Å²) in [6, 6.07) is 16.9. The highest BCUT2D eigenvalue weighted by molar-refractivity contribution is 7.99. The van der Waals surface area contributed by atoms with Crippen LogP contribution < -0.4 is 5.32 Å². The van der Waals surface area contributed by atoms with Crippen LogP contribution in [0.1, 0.15) is 0 Å². The van der Waals surface area contributed by atoms with Crippen LogP contribution in [0.4, 0.5) is 5.69 Å². The number of ether oxygens (including phenoxy) is 1. The second-order valence-electron chi connectivity index (χ2n) is 5.63. The normalized spacial score (nSPS) is 10.7. The number of carbonyl (C=O) groups is 1. The molecule has 0 aliphatic heterocycles. The number of thioether (sulfide) groups is 1. The number of hydrogen-bond donors (Lipinski definition) is 1. The predicted octanol–water partition coefficient (Wildman–Crippen LogP) is 3.98. The van der Waals surface area contributed by atoms with E-state index in [0.717, 1.165) is 11.4 Å². The summed E-state index contributed by atoms with van der Waals surface area (Å²) in [5, 5.41) is 12.5. The molecule has 6 nitrogen and oxygen atoms in total. The molecule has 8 heteroatoms. The van der Waals surface area contributed by atoms with E-state index >= 15 is 0 Å². The third-order valence-corrected chi connectivity index (χ3v) is 5.04. The van der Waals surface area contributed by atoms with Crippen LogP contribution in [0.2, 0.25) is 5.02 Å². The van der Waals surface area contributed by atoms with Gasteiger partial charge in [-0.2, -0.15) is 0 Å². The van der Waals surface area contributed by atoms with Crippen LogP contribution in [0.5, 0.6) is 0 Å². The molecule has 1 aromatic heterocycles. The zero-order valence-electron chi connectivity index (χ0n) is 14.8. The Bertz CT molecular complexity index is 902. The third kappa shape index (κ3) is 5.09. The Morgan fingerprint density at radius 3 is 2.63 bits per heavy atom. The van der Waals surface area contributed by atoms with Gasteiger partial charge in [0.05, 0.1) is 29.6 Å². The topological polar surface area (TPSA) is 69.0 Å². The lowest BCUT2D eigenvalue weighted by Crippen LogP contribution is -2.15. The number of amides is 1. The van der Waals surface area contributed by atoms with Crippen molar-refractivity contribution < 1.29 is 9.53 Å². The minimum atomic E-state index is -0.157. The molecular weight excluding hydrogens is 384 g/mol. The predicted molar refractivity (Wildman–Crippen MR) is 108 cm³/mol. The van der Waals surface area contributed by atoms with E-state index in [0.29, 0.717) is 29.0 Å². The van der Waals surface area contributed by atoms with E-state index in [4.69, 9.17) is 16.3 Å². The lowest BCUT2D eigenvalue weighted by Gasteiger charge is -2.10. The molecule has 1 N–H and O–H groups in total. The number of hydrogen-bond acceptors (Lipinski definition) is 5. The summed E-state index contributed by atoms with van der Waals surface area (Å²) in [7, 11) is 1.65. The molecule has 0 spiro atoms. The largest absolute Gasteiger partial charge is 0.383 e. The van der Waals surface area contributed by atoms with Crippen molar-refractivity contribution in [3.63, 3.8) is 0 Å². The van der Waals surface area contributed by atoms with E-state index in [2.05, 4.69) is 15.5 Å². The highest BCUT2D eigenvalue weighted by Crippen LogP contribution is 2.25. The quantitative estimate of drug-likeness (QED) is 0.577. The van der Waals surface area contributed by atoms with E-state index in [1.165, 1.54) is 11.8 Å². The first-order valence-electron chi connectivity index (χ1n) is 8.34. The molecule has 0 aliphatic carbocycles. The summed E-state index contributed by atoms with van der Waals surface area (Å²) in [6.07, 6.45) is 0. The van der Waals surface area contributed by atoms with Crippen molar-refractivity contribution in [1.29, 1.82) is 0 Å². The van der Waals surface area contributed by atoms with Gasteiger partial charge in [-0.3, -0.25) is 9.36 Å². The van der Waals surface area contributed by atoms with Crippen LogP contribution in [0.25, 0.3) is 11.4 Å². The third-order valence-electron chi connectivity index (χ3n) is 3.75. The molecule has 0 fully saturated rings. The van der Waals surface area contributed by atoms with Gasteiger partial charge in [-0.25, -0.2) is 0 Å². The fraction of sp³-hybridized carbons (Fsp3) is 0.211. The van der Waals surface area contributed by atoms with Gasteiger partial charge in [0, 0.05) is 12.7 Å². The summed E-state index contributed by atoms with van der Waals surface area (Å²) in [4.78, 5) is 12.3. The maximum absolute atomic E-state index is 12.3. The number of anilines is 1. The highest BCUT2D eigenvalue weighted by atomic mass is 35.5. The second-order valence-corrected chi connectivity index (χ2v) is 6.98. The van der Waals surface area contributed by atoms with Crippen molar-refractivity contribution in [2.45, 2.75) is 11.7 Å². The van der Waals surface area contributed by atoms with Gasteiger partial charge in [-0.15, -0.1) is 10.2 Å². The lowest BCUT2D eigenvalue weighted by molar-refractivity contribution is -0.113. The zero-order valence-corrected chi connectivity index (χ0v) is 16.3. The van der Waals surface area contributed by atoms with Gasteiger partial charge in [-0.1, -0.05) is 65.8 Å². The molecule has 0 unspecified atom stereocenters. The van der Waals surface area contributed by atoms with E-state index in [1.807, 2.05) is 47.0 Å². The Hall–Kier alpha value is -2.35. The maximum Gasteiger partial charge on any atom is 0.234 e. The molecule has 0 aliphatic rings. The van der Waals surface area contributed by atoms with Gasteiger partial charge in [0.15, 0.2) is 11.0 Å². The average molecular weight is 403 g/mol. The van der Waals surface area contributed by atoms with Gasteiger partial charge in [0.1, 0.15) is 0 Å². The lowest BCUT2D eigenvalue weighted by atomic mass is 10.2. The molecule has 0 atom stereocenters. The van der Waals surface area contributed by atoms with Crippen LogP contribution in [0, 0.1) is 0 Å². The first-order valence-corrected chi connectivity index (χ1v) is 9.70. The van der Waals surface area contributed by atoms with E-state index in [1.54, 1.807) is 19.2 Å². The molecule has 3 aromatic rings. The van der Waals surface area contributed by atoms with Crippen LogP contribution in [0.3, 0.4) is 0 Å². The summed E-state index contributed by atoms with van der Waals surface area (Å²) in [5.41, 5.74) is 1.56. The summed E-state index contributed by atoms with van der Waals surface area (Å²) < 4.78 is 7.16. The molecule has 0 saturated heterocycles. The molecule has 0 bridgehead atoms. The fourth-order valence-electron chi connectivity index (χ4n) is 2.46. The number of nitrogens with zero attached hydrogens (tertiary/aromatic N) is 3. The molecule has 0 radical (unpaired) electrons. The SMILES string of the molecule is COCCn1c(SCC(=O)Nc2ccccc2Cl)nnc1-c1ccccc1. The molecule has 3 rings (SSSR count). The standard InChI is InChI=1S/C19H19ClN4O2S/c1-26-12-11-24-18(14-7-3-2-4-8-14)22-23-19(24)27-13-17(25)21-16-10-6-5-9-15(16)20/h2-10H,11-13H2,1H3,(H,21,25). The number of halogens is 1. The summed E-state index contributed by atoms with van der Waals surface area (Å²) in [5.74, 6) is 0.794. The molecule has 27 heavy (non-hydrogen) atoms. The highest BCUT2D eigenvalue weighted by Gasteiger charge is 2.15. The van der Waals surface area contributed by atoms with Crippen LogP contribution in [-0.2, 0) is 16.1 Å². The number of rotatable bonds is 8. The zero-order chi connectivity index (χ0) is 19.1. The Labute approximate surface area is 166 Å². The van der Waals surface area contributed by atoms with Crippen LogP contribution in [0.15, 0.2) is 59.8 Å². The number of benzene rings is 2. The van der Waals surface area contributed by atoms with Crippen molar-refractivity contribution >= 4 is 35.0 Å². The van der Waals surface area contributed by atoms with Crippen LogP contribution >= 0.6 is 23.4 Å². The van der Waals surface area contributed by atoms with E-state index in [-0.39, 0.29) is 11.7 Å². The molecule has 1 heterocycles. The van der Waals surface area contributed by atoms with Crippen molar-refractivity contribution in [3.05, 3.63) is 59.6 Å². The Morgan fingerprint density at radius 1 is 1.15 bits per heavy atom.